The second-order valence-electron chi connectivity index (χ2n) is 8.80. The third-order valence-electron chi connectivity index (χ3n) is 6.83. The number of benzene rings is 5. The summed E-state index contributed by atoms with van der Waals surface area (Å²) in [6.07, 6.45) is 19.1. The molecule has 5 aromatic rings. The molecule has 1 aliphatic rings. The molecule has 0 unspecified atom stereocenters. The lowest BCUT2D eigenvalue weighted by Crippen LogP contribution is -1.96. The topological polar surface area (TPSA) is 0 Å². The molecule has 35 heavy (non-hydrogen) atoms. The van der Waals surface area contributed by atoms with Gasteiger partial charge in [0, 0.05) is 0 Å². The average Bonchev–Trinajstić information content (AvgIpc) is 2.93. The minimum Gasteiger partial charge on any atom is -0.115 e. The summed E-state index contributed by atoms with van der Waals surface area (Å²) in [6, 6.07) is 32.8. The van der Waals surface area contributed by atoms with Crippen LogP contribution in [0, 0.1) is 12.3 Å². The fourth-order valence-corrected chi connectivity index (χ4v) is 5.35. The molecule has 0 aliphatic heterocycles. The van der Waals surface area contributed by atoms with E-state index >= 15 is 0 Å². The van der Waals surface area contributed by atoms with E-state index in [0.717, 1.165) is 6.42 Å². The average molecular weight is 445 g/mol. The van der Waals surface area contributed by atoms with Gasteiger partial charge in [0.1, 0.15) is 0 Å². The van der Waals surface area contributed by atoms with Crippen molar-refractivity contribution < 1.29 is 0 Å². The Labute approximate surface area is 206 Å². The molecular weight excluding hydrogens is 420 g/mol. The molecule has 0 saturated carbocycles. The Balaban J connectivity index is 1.80. The standard InChI is InChI=1S/C35H24/c1-2-3-18-28(26-14-5-4-6-15-26)34-30-20-9-11-22-32(30)35(33-23-12-10-21-31(33)34)29-24-13-17-25-16-7-8-19-27(25)29/h1,3-14,16-24H,15H2/b18-3-,28-26+. The Bertz CT molecular complexity index is 1700. The first-order valence-corrected chi connectivity index (χ1v) is 12.0. The van der Waals surface area contributed by atoms with Gasteiger partial charge in [-0.25, -0.2) is 0 Å². The van der Waals surface area contributed by atoms with Gasteiger partial charge in [0.15, 0.2) is 0 Å². The monoisotopic (exact) mass is 444 g/mol. The summed E-state index contributed by atoms with van der Waals surface area (Å²) in [6.45, 7) is 0. The van der Waals surface area contributed by atoms with Crippen molar-refractivity contribution in [1.29, 1.82) is 0 Å². The van der Waals surface area contributed by atoms with Crippen LogP contribution in [0.2, 0.25) is 0 Å². The van der Waals surface area contributed by atoms with Crippen LogP contribution in [0.3, 0.4) is 0 Å². The van der Waals surface area contributed by atoms with Crippen LogP contribution in [0.15, 0.2) is 133 Å². The van der Waals surface area contributed by atoms with Crippen LogP contribution in [0.4, 0.5) is 0 Å². The molecule has 0 nitrogen and oxygen atoms in total. The van der Waals surface area contributed by atoms with Crippen LogP contribution >= 0.6 is 0 Å². The summed E-state index contributed by atoms with van der Waals surface area (Å²) >= 11 is 0. The van der Waals surface area contributed by atoms with Crippen molar-refractivity contribution in [3.05, 3.63) is 139 Å². The predicted octanol–water partition coefficient (Wildman–Crippen LogP) is 9.27. The lowest BCUT2D eigenvalue weighted by atomic mass is 9.83. The molecule has 0 fully saturated rings. The van der Waals surface area contributed by atoms with Gasteiger partial charge < -0.3 is 0 Å². The zero-order valence-corrected chi connectivity index (χ0v) is 19.4. The molecule has 0 aromatic heterocycles. The first kappa shape index (κ1) is 21.0. The lowest BCUT2D eigenvalue weighted by Gasteiger charge is -2.20. The highest BCUT2D eigenvalue weighted by atomic mass is 14.2. The smallest absolute Gasteiger partial charge is 0.00201 e. The van der Waals surface area contributed by atoms with Gasteiger partial charge in [0.05, 0.1) is 0 Å². The van der Waals surface area contributed by atoms with E-state index in [9.17, 15) is 0 Å². The molecule has 0 bridgehead atoms. The molecular formula is C35H24. The second-order valence-corrected chi connectivity index (χ2v) is 8.80. The molecule has 0 N–H and O–H groups in total. The first-order valence-electron chi connectivity index (χ1n) is 12.0. The molecule has 0 amide bonds. The minimum absolute atomic E-state index is 0.883. The van der Waals surface area contributed by atoms with Gasteiger partial charge in [-0.15, -0.1) is 6.42 Å². The Morgan fingerprint density at radius 2 is 1.31 bits per heavy atom. The zero-order chi connectivity index (χ0) is 23.6. The van der Waals surface area contributed by atoms with Crippen molar-refractivity contribution in [1.82, 2.24) is 0 Å². The van der Waals surface area contributed by atoms with Gasteiger partial charge in [0.2, 0.25) is 0 Å². The maximum absolute atomic E-state index is 5.67. The summed E-state index contributed by atoms with van der Waals surface area (Å²) in [7, 11) is 0. The van der Waals surface area contributed by atoms with E-state index in [1.54, 1.807) is 0 Å². The maximum atomic E-state index is 5.67. The molecule has 0 saturated heterocycles. The van der Waals surface area contributed by atoms with Crippen molar-refractivity contribution >= 4 is 37.9 Å². The van der Waals surface area contributed by atoms with Crippen molar-refractivity contribution in [2.24, 2.45) is 0 Å². The Morgan fingerprint density at radius 1 is 0.686 bits per heavy atom. The number of hydrogen-bond acceptors (Lipinski definition) is 0. The Morgan fingerprint density at radius 3 is 1.97 bits per heavy atom. The molecule has 6 rings (SSSR count). The van der Waals surface area contributed by atoms with Crippen molar-refractivity contribution in [3.8, 4) is 23.5 Å². The first-order chi connectivity index (χ1) is 17.4. The van der Waals surface area contributed by atoms with E-state index in [1.807, 2.05) is 6.08 Å². The van der Waals surface area contributed by atoms with Crippen molar-refractivity contribution in [2.45, 2.75) is 6.42 Å². The van der Waals surface area contributed by atoms with Crippen LogP contribution in [-0.4, -0.2) is 0 Å². The number of rotatable bonds is 3. The number of allylic oxidation sites excluding steroid dienone is 8. The van der Waals surface area contributed by atoms with E-state index in [1.165, 1.54) is 60.2 Å². The van der Waals surface area contributed by atoms with Gasteiger partial charge in [-0.2, -0.15) is 0 Å². The highest BCUT2D eigenvalue weighted by molar-refractivity contribution is 6.22. The van der Waals surface area contributed by atoms with E-state index in [0.29, 0.717) is 0 Å². The molecule has 0 radical (unpaired) electrons. The van der Waals surface area contributed by atoms with E-state index in [-0.39, 0.29) is 0 Å². The highest BCUT2D eigenvalue weighted by Crippen LogP contribution is 2.44. The third kappa shape index (κ3) is 3.59. The third-order valence-corrected chi connectivity index (χ3v) is 6.83. The fraction of sp³-hybridized carbons (Fsp3) is 0.0286. The van der Waals surface area contributed by atoms with Crippen molar-refractivity contribution in [3.63, 3.8) is 0 Å². The summed E-state index contributed by atoms with van der Waals surface area (Å²) in [5, 5.41) is 7.49. The largest absolute Gasteiger partial charge is 0.115 e. The van der Waals surface area contributed by atoms with Gasteiger partial charge in [-0.05, 0) is 78.7 Å². The van der Waals surface area contributed by atoms with Crippen LogP contribution in [0.1, 0.15) is 12.0 Å². The van der Waals surface area contributed by atoms with E-state index in [2.05, 4.69) is 127 Å². The predicted molar refractivity (Wildman–Crippen MR) is 152 cm³/mol. The molecule has 0 atom stereocenters. The van der Waals surface area contributed by atoms with E-state index in [4.69, 9.17) is 6.42 Å². The molecule has 164 valence electrons. The van der Waals surface area contributed by atoms with Crippen LogP contribution in [0.5, 0.6) is 0 Å². The van der Waals surface area contributed by atoms with Crippen molar-refractivity contribution in [2.75, 3.05) is 0 Å². The summed E-state index contributed by atoms with van der Waals surface area (Å²) in [5.41, 5.74) is 6.23. The fourth-order valence-electron chi connectivity index (χ4n) is 5.35. The number of terminal acetylenes is 1. The molecule has 0 spiro atoms. The summed E-state index contributed by atoms with van der Waals surface area (Å²) in [4.78, 5) is 0. The summed E-state index contributed by atoms with van der Waals surface area (Å²) < 4.78 is 0. The van der Waals surface area contributed by atoms with Crippen LogP contribution in [-0.2, 0) is 0 Å². The van der Waals surface area contributed by atoms with Gasteiger partial charge >= 0.3 is 0 Å². The van der Waals surface area contributed by atoms with Gasteiger partial charge in [-0.1, -0.05) is 121 Å². The second kappa shape index (κ2) is 8.98. The molecule has 0 heterocycles. The van der Waals surface area contributed by atoms with Crippen LogP contribution in [0.25, 0.3) is 49.0 Å². The van der Waals surface area contributed by atoms with Crippen LogP contribution < -0.4 is 0 Å². The van der Waals surface area contributed by atoms with Gasteiger partial charge in [-0.3, -0.25) is 0 Å². The highest BCUT2D eigenvalue weighted by Gasteiger charge is 2.19. The normalized spacial score (nSPS) is 14.7. The SMILES string of the molecule is C#C/C=C\C(=C1\C=CC=CC1)c1c2ccccc2c(-c2cccc3ccccc23)c2ccccc12. The van der Waals surface area contributed by atoms with Gasteiger partial charge in [0.25, 0.3) is 0 Å². The maximum Gasteiger partial charge on any atom is -0.00201 e. The molecule has 1 aliphatic carbocycles. The molecule has 0 heteroatoms. The zero-order valence-electron chi connectivity index (χ0n) is 19.4. The summed E-state index contributed by atoms with van der Waals surface area (Å²) in [5.74, 6) is 2.70. The quantitative estimate of drug-likeness (QED) is 0.192. The Hall–Kier alpha value is -4.60. The lowest BCUT2D eigenvalue weighted by molar-refractivity contribution is 1.27. The number of hydrogen-bond donors (Lipinski definition) is 0. The Kier molecular flexibility index (Phi) is 5.38. The van der Waals surface area contributed by atoms with E-state index < -0.39 is 0 Å². The minimum atomic E-state index is 0.883. The molecule has 5 aromatic carbocycles. The number of fused-ring (bicyclic) bond motifs is 3.